The smallest absolute Gasteiger partial charge is 0.274 e. The third kappa shape index (κ3) is 4.18. The van der Waals surface area contributed by atoms with E-state index in [9.17, 15) is 4.79 Å². The Morgan fingerprint density at radius 2 is 1.52 bits per heavy atom. The van der Waals surface area contributed by atoms with Crippen molar-refractivity contribution < 1.29 is 4.79 Å². The number of carbonyl (C=O) groups is 1. The molecule has 5 rings (SSSR count). The maximum atomic E-state index is 12.7. The van der Waals surface area contributed by atoms with Crippen LogP contribution in [0.4, 0.5) is 5.69 Å². The van der Waals surface area contributed by atoms with E-state index in [4.69, 9.17) is 0 Å². The Morgan fingerprint density at radius 3 is 2.23 bits per heavy atom. The molecule has 5 nitrogen and oxygen atoms in total. The van der Waals surface area contributed by atoms with Crippen LogP contribution in [0.2, 0.25) is 0 Å². The lowest BCUT2D eigenvalue weighted by atomic mass is 9.71. The molecule has 1 spiro atoms. The molecule has 3 heterocycles. The minimum absolute atomic E-state index is 0.0121. The number of piperidine rings is 2. The molecule has 0 aliphatic carbocycles. The lowest BCUT2D eigenvalue weighted by Crippen LogP contribution is -2.48. The Morgan fingerprint density at radius 1 is 0.806 bits per heavy atom. The first-order valence-corrected chi connectivity index (χ1v) is 11.2. The topological polar surface area (TPSA) is 49.3 Å². The first-order chi connectivity index (χ1) is 15.2. The van der Waals surface area contributed by atoms with Crippen LogP contribution in [0.5, 0.6) is 0 Å². The van der Waals surface area contributed by atoms with Crippen LogP contribution in [0, 0.1) is 5.41 Å². The zero-order chi connectivity index (χ0) is 21.1. The van der Waals surface area contributed by atoms with E-state index in [1.807, 2.05) is 4.90 Å². The van der Waals surface area contributed by atoms with Crippen LogP contribution in [-0.4, -0.2) is 47.0 Å². The Labute approximate surface area is 183 Å². The summed E-state index contributed by atoms with van der Waals surface area (Å²) in [5.74, 6) is 0.0121. The average Bonchev–Trinajstić information content (AvgIpc) is 2.86. The summed E-state index contributed by atoms with van der Waals surface area (Å²) in [6.07, 6.45) is 9.29. The molecule has 0 unspecified atom stereocenters. The van der Waals surface area contributed by atoms with E-state index in [0.717, 1.165) is 39.0 Å². The predicted octanol–water partition coefficient (Wildman–Crippen LogP) is 4.67. The van der Waals surface area contributed by atoms with Gasteiger partial charge >= 0.3 is 0 Å². The maximum Gasteiger partial charge on any atom is 0.274 e. The molecule has 0 saturated carbocycles. The van der Waals surface area contributed by atoms with Gasteiger partial charge in [0.15, 0.2) is 0 Å². The van der Waals surface area contributed by atoms with Crippen LogP contribution < -0.4 is 4.90 Å². The molecule has 5 heteroatoms. The zero-order valence-corrected chi connectivity index (χ0v) is 17.8. The summed E-state index contributed by atoms with van der Waals surface area (Å²) in [7, 11) is 0. The number of rotatable bonds is 3. The average molecular weight is 413 g/mol. The molecular weight excluding hydrogens is 384 g/mol. The Kier molecular flexibility index (Phi) is 5.41. The quantitative estimate of drug-likeness (QED) is 0.627. The Hall–Kier alpha value is -3.21. The van der Waals surface area contributed by atoms with Gasteiger partial charge in [-0.1, -0.05) is 42.5 Å². The molecule has 2 aromatic carbocycles. The van der Waals surface area contributed by atoms with Crippen LogP contribution in [0.25, 0.3) is 11.1 Å². The summed E-state index contributed by atoms with van der Waals surface area (Å²) < 4.78 is 0. The maximum absolute atomic E-state index is 12.7. The van der Waals surface area contributed by atoms with Gasteiger partial charge < -0.3 is 9.80 Å². The molecule has 1 aromatic heterocycles. The highest BCUT2D eigenvalue weighted by Crippen LogP contribution is 2.42. The third-order valence-electron chi connectivity index (χ3n) is 7.04. The van der Waals surface area contributed by atoms with Crippen molar-refractivity contribution in [3.05, 3.63) is 78.9 Å². The van der Waals surface area contributed by atoms with Gasteiger partial charge in [0, 0.05) is 44.3 Å². The van der Waals surface area contributed by atoms with Gasteiger partial charge in [0.2, 0.25) is 0 Å². The lowest BCUT2D eigenvalue weighted by Gasteiger charge is -2.47. The minimum Gasteiger partial charge on any atom is -0.371 e. The number of hydrogen-bond donors (Lipinski definition) is 0. The number of amides is 1. The monoisotopic (exact) mass is 412 g/mol. The molecule has 0 bridgehead atoms. The number of nitrogens with zero attached hydrogens (tertiary/aromatic N) is 4. The van der Waals surface area contributed by atoms with E-state index < -0.39 is 0 Å². The fraction of sp³-hybridized carbons (Fsp3) is 0.346. The number of anilines is 1. The van der Waals surface area contributed by atoms with Gasteiger partial charge in [0.1, 0.15) is 5.69 Å². The van der Waals surface area contributed by atoms with Gasteiger partial charge in [-0.3, -0.25) is 9.78 Å². The summed E-state index contributed by atoms with van der Waals surface area (Å²) in [5.41, 5.74) is 4.66. The van der Waals surface area contributed by atoms with Crippen molar-refractivity contribution in [2.75, 3.05) is 31.1 Å². The molecule has 2 aliphatic heterocycles. The van der Waals surface area contributed by atoms with Crippen molar-refractivity contribution in [1.82, 2.24) is 14.9 Å². The van der Waals surface area contributed by atoms with Gasteiger partial charge in [-0.05, 0) is 54.4 Å². The van der Waals surface area contributed by atoms with Crippen molar-refractivity contribution in [1.29, 1.82) is 0 Å². The Balaban J connectivity index is 1.20. The number of likely N-dealkylation sites (tertiary alicyclic amines) is 1. The first-order valence-electron chi connectivity index (χ1n) is 11.2. The molecule has 2 aliphatic rings. The molecule has 2 fully saturated rings. The summed E-state index contributed by atoms with van der Waals surface area (Å²) in [6, 6.07) is 19.5. The molecule has 0 N–H and O–H groups in total. The van der Waals surface area contributed by atoms with Crippen LogP contribution >= 0.6 is 0 Å². The van der Waals surface area contributed by atoms with E-state index in [0.29, 0.717) is 11.1 Å². The highest BCUT2D eigenvalue weighted by Gasteiger charge is 2.38. The number of hydrogen-bond acceptors (Lipinski definition) is 4. The molecule has 1 amide bonds. The van der Waals surface area contributed by atoms with Crippen molar-refractivity contribution in [3.8, 4) is 11.1 Å². The summed E-state index contributed by atoms with van der Waals surface area (Å²) >= 11 is 0. The standard InChI is InChI=1S/C26H28N4O/c31-25(24-20-27-13-14-28-24)30-17-11-26(12-18-30)9-15-29(16-10-26)23-8-4-7-22(19-23)21-5-2-1-3-6-21/h1-8,13-14,19-20H,9-12,15-18H2. The fourth-order valence-corrected chi connectivity index (χ4v) is 5.01. The highest BCUT2D eigenvalue weighted by atomic mass is 16.2. The Bertz CT molecular complexity index is 1020. The fourth-order valence-electron chi connectivity index (χ4n) is 5.01. The third-order valence-corrected chi connectivity index (χ3v) is 7.04. The van der Waals surface area contributed by atoms with Crippen LogP contribution in [0.1, 0.15) is 36.2 Å². The van der Waals surface area contributed by atoms with Crippen LogP contribution in [0.15, 0.2) is 73.2 Å². The number of benzene rings is 2. The summed E-state index contributed by atoms with van der Waals surface area (Å²) in [5, 5.41) is 0. The van der Waals surface area contributed by atoms with Crippen molar-refractivity contribution >= 4 is 11.6 Å². The first kappa shape index (κ1) is 19.7. The van der Waals surface area contributed by atoms with Crippen molar-refractivity contribution in [3.63, 3.8) is 0 Å². The highest BCUT2D eigenvalue weighted by molar-refractivity contribution is 5.92. The van der Waals surface area contributed by atoms with Gasteiger partial charge in [-0.15, -0.1) is 0 Å². The molecule has 0 radical (unpaired) electrons. The largest absolute Gasteiger partial charge is 0.371 e. The van der Waals surface area contributed by atoms with Gasteiger partial charge in [0.25, 0.3) is 5.91 Å². The second-order valence-corrected chi connectivity index (χ2v) is 8.79. The van der Waals surface area contributed by atoms with Crippen LogP contribution in [0.3, 0.4) is 0 Å². The van der Waals surface area contributed by atoms with Gasteiger partial charge in [-0.25, -0.2) is 4.98 Å². The van der Waals surface area contributed by atoms with E-state index in [2.05, 4.69) is 69.5 Å². The summed E-state index contributed by atoms with van der Waals surface area (Å²) in [4.78, 5) is 25.3. The molecular formula is C26H28N4O. The van der Waals surface area contributed by atoms with Gasteiger partial charge in [-0.2, -0.15) is 0 Å². The molecule has 0 atom stereocenters. The number of aromatic nitrogens is 2. The van der Waals surface area contributed by atoms with Crippen LogP contribution in [-0.2, 0) is 0 Å². The summed E-state index contributed by atoms with van der Waals surface area (Å²) in [6.45, 7) is 3.80. The minimum atomic E-state index is 0.0121. The van der Waals surface area contributed by atoms with E-state index >= 15 is 0 Å². The second kappa shape index (κ2) is 8.50. The SMILES string of the molecule is O=C(c1cnccn1)N1CCC2(CC1)CCN(c1cccc(-c3ccccc3)c1)CC2. The molecule has 2 saturated heterocycles. The molecule has 31 heavy (non-hydrogen) atoms. The van der Waals surface area contributed by atoms with Crippen molar-refractivity contribution in [2.24, 2.45) is 5.41 Å². The predicted molar refractivity (Wildman–Crippen MR) is 123 cm³/mol. The zero-order valence-electron chi connectivity index (χ0n) is 17.8. The molecule has 3 aromatic rings. The number of carbonyl (C=O) groups excluding carboxylic acids is 1. The van der Waals surface area contributed by atoms with Gasteiger partial charge in [0.05, 0.1) is 6.20 Å². The van der Waals surface area contributed by atoms with Crippen molar-refractivity contribution in [2.45, 2.75) is 25.7 Å². The normalized spacial score (nSPS) is 18.2. The molecule has 158 valence electrons. The van der Waals surface area contributed by atoms with E-state index in [1.165, 1.54) is 29.7 Å². The second-order valence-electron chi connectivity index (χ2n) is 8.79. The van der Waals surface area contributed by atoms with E-state index in [1.54, 1.807) is 18.6 Å². The van der Waals surface area contributed by atoms with E-state index in [-0.39, 0.29) is 5.91 Å². The lowest BCUT2D eigenvalue weighted by molar-refractivity contribution is 0.0509.